The van der Waals surface area contributed by atoms with Crippen molar-refractivity contribution in [3.63, 3.8) is 0 Å². The summed E-state index contributed by atoms with van der Waals surface area (Å²) in [5.74, 6) is 0. The largest absolute Gasteiger partial charge is 0.394 e. The van der Waals surface area contributed by atoms with Crippen LogP contribution in [0.3, 0.4) is 0 Å². The number of rotatable bonds is 2. The maximum absolute atomic E-state index is 9.09. The van der Waals surface area contributed by atoms with Crippen LogP contribution in [0.25, 0.3) is 0 Å². The lowest BCUT2D eigenvalue weighted by Gasteiger charge is -2.18. The van der Waals surface area contributed by atoms with Crippen molar-refractivity contribution in [2.24, 2.45) is 0 Å². The topological polar surface area (TPSA) is 69.9 Å². The summed E-state index contributed by atoms with van der Waals surface area (Å²) in [6.07, 6.45) is -2.37. The van der Waals surface area contributed by atoms with Crippen LogP contribution in [-0.4, -0.2) is 45.5 Å². The monoisotopic (exact) mass is 179 g/mol. The minimum Gasteiger partial charge on any atom is -0.394 e. The van der Waals surface area contributed by atoms with Gasteiger partial charge >= 0.3 is 0 Å². The third-order valence-electron chi connectivity index (χ3n) is 1.63. The van der Waals surface area contributed by atoms with Gasteiger partial charge in [-0.25, -0.2) is 0 Å². The molecular weight excluding hydrogens is 168 g/mol. The van der Waals surface area contributed by atoms with Crippen LogP contribution in [-0.2, 0) is 4.74 Å². The zero-order valence-corrected chi connectivity index (χ0v) is 6.69. The second-order valence-corrected chi connectivity index (χ2v) is 3.06. The molecule has 4 nitrogen and oxygen atoms in total. The second kappa shape index (κ2) is 3.73. The van der Waals surface area contributed by atoms with Gasteiger partial charge in [0.1, 0.15) is 18.8 Å². The summed E-state index contributed by atoms with van der Waals surface area (Å²) in [5, 5.41) is 26.2. The minimum absolute atomic E-state index is 0.387. The van der Waals surface area contributed by atoms with Gasteiger partial charge in [0.2, 0.25) is 0 Å². The predicted octanol–water partition coefficient (Wildman–Crippen LogP) is -1.44. The van der Waals surface area contributed by atoms with E-state index in [-0.39, 0.29) is 6.61 Å². The molecule has 0 aliphatic carbocycles. The number of aliphatic hydroxyl groups excluding tert-OH is 3. The number of thiol groups is 1. The highest BCUT2D eigenvalue weighted by Crippen LogP contribution is 2.24. The van der Waals surface area contributed by atoms with Gasteiger partial charge in [-0.3, -0.25) is 0 Å². The summed E-state index contributed by atoms with van der Waals surface area (Å²) in [6, 6.07) is 0. The maximum atomic E-state index is 9.09. The van der Waals surface area contributed by atoms with Gasteiger partial charge in [-0.05, 0) is 0 Å². The Kier molecular flexibility index (Phi) is 3.15. The van der Waals surface area contributed by atoms with E-state index < -0.39 is 23.6 Å². The van der Waals surface area contributed by atoms with E-state index in [0.717, 1.165) is 0 Å². The first-order valence-corrected chi connectivity index (χ1v) is 3.82. The van der Waals surface area contributed by atoms with Crippen LogP contribution < -0.4 is 0 Å². The predicted molar refractivity (Wildman–Crippen MR) is 41.0 cm³/mol. The van der Waals surface area contributed by atoms with Crippen molar-refractivity contribution in [3.05, 3.63) is 6.61 Å². The highest BCUT2D eigenvalue weighted by atomic mass is 32.1. The molecule has 0 saturated carbocycles. The smallest absolute Gasteiger partial charge is 0.114 e. The van der Waals surface area contributed by atoms with Gasteiger partial charge in [0, 0.05) is 0 Å². The maximum Gasteiger partial charge on any atom is 0.114 e. The lowest BCUT2D eigenvalue weighted by Crippen LogP contribution is -2.37. The number of hydrogen-bond donors (Lipinski definition) is 4. The fraction of sp³-hybridized carbons (Fsp3) is 0.833. The highest BCUT2D eigenvalue weighted by Gasteiger charge is 2.38. The fourth-order valence-electron chi connectivity index (χ4n) is 0.949. The summed E-state index contributed by atoms with van der Waals surface area (Å²) in [5.41, 5.74) is 0. The van der Waals surface area contributed by atoms with Gasteiger partial charge in [-0.1, -0.05) is 0 Å². The van der Waals surface area contributed by atoms with Crippen molar-refractivity contribution in [2.45, 2.75) is 23.6 Å². The SMILES string of the molecule is OC[C@H](O)[C@@H]1O[CH][C@H](O)[C@H]1S. The van der Waals surface area contributed by atoms with Crippen LogP contribution in [0.1, 0.15) is 0 Å². The van der Waals surface area contributed by atoms with Crippen molar-refractivity contribution >= 4 is 12.6 Å². The molecule has 1 rings (SSSR count). The first kappa shape index (κ1) is 9.28. The molecule has 0 aromatic rings. The summed E-state index contributed by atoms with van der Waals surface area (Å²) in [4.78, 5) is 0. The third-order valence-corrected chi connectivity index (χ3v) is 2.23. The molecule has 1 saturated heterocycles. The van der Waals surface area contributed by atoms with Gasteiger partial charge in [0.05, 0.1) is 18.0 Å². The molecule has 1 radical (unpaired) electrons. The van der Waals surface area contributed by atoms with Crippen molar-refractivity contribution in [1.82, 2.24) is 0 Å². The van der Waals surface area contributed by atoms with Crippen molar-refractivity contribution in [1.29, 1.82) is 0 Å². The Morgan fingerprint density at radius 2 is 2.27 bits per heavy atom. The van der Waals surface area contributed by atoms with Gasteiger partial charge in [-0.15, -0.1) is 0 Å². The molecule has 0 aromatic carbocycles. The lowest BCUT2D eigenvalue weighted by molar-refractivity contribution is -0.0122. The van der Waals surface area contributed by atoms with Gasteiger partial charge in [0.25, 0.3) is 0 Å². The Morgan fingerprint density at radius 3 is 2.64 bits per heavy atom. The zero-order valence-electron chi connectivity index (χ0n) is 5.79. The van der Waals surface area contributed by atoms with Crippen molar-refractivity contribution in [3.8, 4) is 0 Å². The molecular formula is C6H11O4S. The van der Waals surface area contributed by atoms with Crippen LogP contribution >= 0.6 is 12.6 Å². The average molecular weight is 179 g/mol. The minimum atomic E-state index is -0.981. The molecule has 1 heterocycles. The van der Waals surface area contributed by atoms with Crippen LogP contribution in [0.5, 0.6) is 0 Å². The molecule has 0 aromatic heterocycles. The molecule has 3 N–H and O–H groups in total. The van der Waals surface area contributed by atoms with E-state index in [2.05, 4.69) is 12.6 Å². The molecule has 0 amide bonds. The van der Waals surface area contributed by atoms with E-state index >= 15 is 0 Å². The Labute approximate surface area is 70.2 Å². The third kappa shape index (κ3) is 1.86. The quantitative estimate of drug-likeness (QED) is 0.392. The Bertz CT molecular complexity index is 132. The molecule has 4 atom stereocenters. The number of hydrogen-bond acceptors (Lipinski definition) is 5. The summed E-state index contributed by atoms with van der Waals surface area (Å²) in [7, 11) is 0. The molecule has 11 heavy (non-hydrogen) atoms. The Morgan fingerprint density at radius 1 is 1.64 bits per heavy atom. The first-order chi connectivity index (χ1) is 5.16. The molecule has 0 unspecified atom stereocenters. The van der Waals surface area contributed by atoms with Gasteiger partial charge < -0.3 is 20.1 Å². The van der Waals surface area contributed by atoms with E-state index in [4.69, 9.17) is 20.1 Å². The fourth-order valence-corrected chi connectivity index (χ4v) is 1.29. The molecule has 1 fully saturated rings. The molecule has 65 valence electrons. The molecule has 5 heteroatoms. The zero-order chi connectivity index (χ0) is 8.43. The Balaban J connectivity index is 2.47. The normalized spacial score (nSPS) is 40.9. The molecule has 0 spiro atoms. The van der Waals surface area contributed by atoms with E-state index in [1.165, 1.54) is 6.61 Å². The Hall–Kier alpha value is 0.190. The van der Waals surface area contributed by atoms with Crippen LogP contribution in [0, 0.1) is 6.61 Å². The molecule has 0 bridgehead atoms. The van der Waals surface area contributed by atoms with E-state index in [9.17, 15) is 0 Å². The van der Waals surface area contributed by atoms with E-state index in [1.807, 2.05) is 0 Å². The van der Waals surface area contributed by atoms with Gasteiger partial charge in [-0.2, -0.15) is 12.6 Å². The number of ether oxygens (including phenoxy) is 1. The van der Waals surface area contributed by atoms with Gasteiger partial charge in [0.15, 0.2) is 0 Å². The standard InChI is InChI=1S/C6H11O4S/c7-1-3(8)5-6(11)4(9)2-10-5/h2-9,11H,1H2/t3-,4-,5-,6+/m0/s1. The number of aliphatic hydroxyl groups is 3. The summed E-state index contributed by atoms with van der Waals surface area (Å²) < 4.78 is 4.87. The van der Waals surface area contributed by atoms with Crippen molar-refractivity contribution < 1.29 is 20.1 Å². The molecule has 1 aliphatic heterocycles. The molecule has 1 aliphatic rings. The summed E-state index contributed by atoms with van der Waals surface area (Å²) in [6.45, 7) is 0.823. The summed E-state index contributed by atoms with van der Waals surface area (Å²) >= 11 is 4.00. The highest BCUT2D eigenvalue weighted by molar-refractivity contribution is 7.81. The average Bonchev–Trinajstić information content (AvgIpc) is 2.32. The van der Waals surface area contributed by atoms with Crippen LogP contribution in [0.15, 0.2) is 0 Å². The lowest BCUT2D eigenvalue weighted by atomic mass is 10.1. The van der Waals surface area contributed by atoms with Crippen LogP contribution in [0.2, 0.25) is 0 Å². The first-order valence-electron chi connectivity index (χ1n) is 3.30. The van der Waals surface area contributed by atoms with E-state index in [1.54, 1.807) is 0 Å². The van der Waals surface area contributed by atoms with Crippen LogP contribution in [0.4, 0.5) is 0 Å². The second-order valence-electron chi connectivity index (χ2n) is 2.47. The van der Waals surface area contributed by atoms with Crippen molar-refractivity contribution in [2.75, 3.05) is 6.61 Å². The van der Waals surface area contributed by atoms with E-state index in [0.29, 0.717) is 0 Å².